The van der Waals surface area contributed by atoms with E-state index in [0.717, 1.165) is 31.9 Å². The van der Waals surface area contributed by atoms with Crippen molar-refractivity contribution in [3.05, 3.63) is 38.9 Å². The van der Waals surface area contributed by atoms with Gasteiger partial charge in [-0.2, -0.15) is 0 Å². The number of carbonyl (C=O) groups excluding carboxylic acids is 2. The maximum absolute atomic E-state index is 12.9. The molecule has 0 spiro atoms. The summed E-state index contributed by atoms with van der Waals surface area (Å²) < 4.78 is 5.48. The van der Waals surface area contributed by atoms with Gasteiger partial charge in [-0.25, -0.2) is 0 Å². The Morgan fingerprint density at radius 1 is 1.28 bits per heavy atom. The van der Waals surface area contributed by atoms with Gasteiger partial charge in [0.2, 0.25) is 5.91 Å². The molecule has 8 heteroatoms. The van der Waals surface area contributed by atoms with Crippen molar-refractivity contribution in [1.82, 2.24) is 10.2 Å². The van der Waals surface area contributed by atoms with Crippen molar-refractivity contribution >= 4 is 39.5 Å². The highest BCUT2D eigenvalue weighted by Crippen LogP contribution is 2.29. The first kappa shape index (κ1) is 22.0. The maximum Gasteiger partial charge on any atom is 0.261 e. The van der Waals surface area contributed by atoms with E-state index in [-0.39, 0.29) is 17.9 Å². The molecule has 29 heavy (non-hydrogen) atoms. The molecule has 3 heterocycles. The number of nitrogens with zero attached hydrogens (tertiary/aromatic N) is 1. The number of amides is 2. The second-order valence-corrected chi connectivity index (χ2v) is 10.2. The topological polar surface area (TPSA) is 70.7 Å². The molecule has 0 saturated carbocycles. The number of hydrogen-bond donors (Lipinski definition) is 2. The van der Waals surface area contributed by atoms with Crippen LogP contribution in [0.4, 0.5) is 5.00 Å². The summed E-state index contributed by atoms with van der Waals surface area (Å²) in [6.07, 6.45) is 0. The van der Waals surface area contributed by atoms with E-state index in [0.29, 0.717) is 16.4 Å². The Morgan fingerprint density at radius 2 is 2.00 bits per heavy atom. The molecule has 1 aliphatic heterocycles. The number of aryl methyl sites for hydroxylation is 1. The van der Waals surface area contributed by atoms with E-state index in [1.807, 2.05) is 39.8 Å². The Bertz CT molecular complexity index is 834. The van der Waals surface area contributed by atoms with E-state index in [9.17, 15) is 9.59 Å². The van der Waals surface area contributed by atoms with Crippen molar-refractivity contribution in [3.63, 3.8) is 0 Å². The van der Waals surface area contributed by atoms with Crippen molar-refractivity contribution in [1.29, 1.82) is 0 Å². The molecule has 2 aromatic heterocycles. The van der Waals surface area contributed by atoms with Crippen molar-refractivity contribution in [3.8, 4) is 0 Å². The summed E-state index contributed by atoms with van der Waals surface area (Å²) in [6, 6.07) is 6.17. The third-order valence-corrected chi connectivity index (χ3v) is 6.98. The summed E-state index contributed by atoms with van der Waals surface area (Å²) in [5.74, 6) is -0.158. The summed E-state index contributed by atoms with van der Waals surface area (Å²) in [5, 5.41) is 8.79. The van der Waals surface area contributed by atoms with Crippen molar-refractivity contribution in [2.75, 3.05) is 38.2 Å². The summed E-state index contributed by atoms with van der Waals surface area (Å²) in [7, 11) is 0. The molecule has 0 aliphatic carbocycles. The molecule has 158 valence electrons. The fourth-order valence-electron chi connectivity index (χ4n) is 3.12. The Kier molecular flexibility index (Phi) is 7.10. The first-order valence-electron chi connectivity index (χ1n) is 9.81. The van der Waals surface area contributed by atoms with E-state index in [1.54, 1.807) is 11.3 Å². The van der Waals surface area contributed by atoms with Crippen molar-refractivity contribution < 1.29 is 14.3 Å². The smallest absolute Gasteiger partial charge is 0.261 e. The molecular weight excluding hydrogens is 406 g/mol. The van der Waals surface area contributed by atoms with Crippen LogP contribution in [0.25, 0.3) is 0 Å². The number of ether oxygens (including phenoxy) is 1. The largest absolute Gasteiger partial charge is 0.379 e. The highest BCUT2D eigenvalue weighted by molar-refractivity contribution is 7.18. The zero-order valence-electron chi connectivity index (χ0n) is 17.4. The fourth-order valence-corrected chi connectivity index (χ4v) is 4.96. The van der Waals surface area contributed by atoms with Crippen LogP contribution >= 0.6 is 22.7 Å². The first-order chi connectivity index (χ1) is 13.8. The second kappa shape index (κ2) is 9.38. The maximum atomic E-state index is 12.9. The summed E-state index contributed by atoms with van der Waals surface area (Å²) in [6.45, 7) is 11.2. The van der Waals surface area contributed by atoms with Crippen LogP contribution in [0.3, 0.4) is 0 Å². The Hall–Kier alpha value is -1.74. The van der Waals surface area contributed by atoms with Crippen molar-refractivity contribution in [2.24, 2.45) is 5.41 Å². The van der Waals surface area contributed by atoms with Crippen molar-refractivity contribution in [2.45, 2.75) is 33.7 Å². The standard InChI is InChI=1S/C21H29N3O3S2/c1-14-12-17(23-20(26)21(2,3)4)29-18(14)19(25)22-13-15(16-6-5-11-28-16)24-7-9-27-10-8-24/h5-6,11-12,15H,7-10,13H2,1-4H3,(H,22,25)(H,23,26)/t15-/m0/s1. The second-order valence-electron chi connectivity index (χ2n) is 8.22. The summed E-state index contributed by atoms with van der Waals surface area (Å²) in [5.41, 5.74) is 0.391. The van der Waals surface area contributed by atoms with Gasteiger partial charge in [0.15, 0.2) is 0 Å². The number of thiophene rings is 2. The minimum absolute atomic E-state index is 0.0595. The molecule has 0 unspecified atom stereocenters. The van der Waals surface area contributed by atoms with Gasteiger partial charge in [0.05, 0.1) is 29.1 Å². The van der Waals surface area contributed by atoms with E-state index in [2.05, 4.69) is 27.0 Å². The average Bonchev–Trinajstić information content (AvgIpc) is 3.32. The number of carbonyl (C=O) groups is 2. The van der Waals surface area contributed by atoms with Crippen LogP contribution in [0.1, 0.15) is 46.9 Å². The summed E-state index contributed by atoms with van der Waals surface area (Å²) in [4.78, 5) is 29.3. The Labute approximate surface area is 180 Å². The van der Waals surface area contributed by atoms with Gasteiger partial charge in [-0.05, 0) is 30.0 Å². The SMILES string of the molecule is Cc1cc(NC(=O)C(C)(C)C)sc1C(=O)NC[C@@H](c1cccs1)N1CCOCC1. The van der Waals surface area contributed by atoms with E-state index >= 15 is 0 Å². The van der Waals surface area contributed by atoms with Gasteiger partial charge in [0, 0.05) is 29.9 Å². The highest BCUT2D eigenvalue weighted by atomic mass is 32.1. The van der Waals surface area contributed by atoms with Crippen LogP contribution < -0.4 is 10.6 Å². The Morgan fingerprint density at radius 3 is 2.62 bits per heavy atom. The molecule has 2 aromatic rings. The van der Waals surface area contributed by atoms with Gasteiger partial charge < -0.3 is 15.4 Å². The number of anilines is 1. The third-order valence-electron chi connectivity index (χ3n) is 4.86. The van der Waals surface area contributed by atoms with Crippen LogP contribution in [0.15, 0.2) is 23.6 Å². The van der Waals surface area contributed by atoms with Crippen LogP contribution in [-0.4, -0.2) is 49.6 Å². The number of morpholine rings is 1. The lowest BCUT2D eigenvalue weighted by molar-refractivity contribution is -0.123. The first-order valence-corrected chi connectivity index (χ1v) is 11.5. The highest BCUT2D eigenvalue weighted by Gasteiger charge is 2.26. The minimum Gasteiger partial charge on any atom is -0.379 e. The predicted octanol–water partition coefficient (Wildman–Crippen LogP) is 3.91. The fraction of sp³-hybridized carbons (Fsp3) is 0.524. The molecule has 2 amide bonds. The molecular formula is C21H29N3O3S2. The average molecular weight is 436 g/mol. The monoisotopic (exact) mass is 435 g/mol. The van der Waals surface area contributed by atoms with E-state index in [1.165, 1.54) is 16.2 Å². The van der Waals surface area contributed by atoms with E-state index in [4.69, 9.17) is 4.74 Å². The molecule has 1 saturated heterocycles. The number of rotatable bonds is 6. The summed E-state index contributed by atoms with van der Waals surface area (Å²) >= 11 is 3.03. The Balaban J connectivity index is 1.66. The van der Waals surface area contributed by atoms with Gasteiger partial charge in [0.1, 0.15) is 0 Å². The number of nitrogens with one attached hydrogen (secondary N) is 2. The van der Waals surface area contributed by atoms with Gasteiger partial charge in [-0.15, -0.1) is 22.7 Å². The van der Waals surface area contributed by atoms with Crippen LogP contribution in [0.2, 0.25) is 0 Å². The van der Waals surface area contributed by atoms with Crippen LogP contribution in [0, 0.1) is 12.3 Å². The van der Waals surface area contributed by atoms with Crippen LogP contribution in [-0.2, 0) is 9.53 Å². The van der Waals surface area contributed by atoms with Crippen LogP contribution in [0.5, 0.6) is 0 Å². The third kappa shape index (κ3) is 5.66. The molecule has 0 bridgehead atoms. The lowest BCUT2D eigenvalue weighted by Gasteiger charge is -2.34. The molecule has 6 nitrogen and oxygen atoms in total. The van der Waals surface area contributed by atoms with Gasteiger partial charge >= 0.3 is 0 Å². The molecule has 2 N–H and O–H groups in total. The molecule has 1 aliphatic rings. The zero-order valence-corrected chi connectivity index (χ0v) is 19.0. The quantitative estimate of drug-likeness (QED) is 0.722. The molecule has 0 radical (unpaired) electrons. The molecule has 0 aromatic carbocycles. The van der Waals surface area contributed by atoms with E-state index < -0.39 is 5.41 Å². The van der Waals surface area contributed by atoms with Gasteiger partial charge in [-0.3, -0.25) is 14.5 Å². The normalized spacial score (nSPS) is 16.4. The zero-order chi connectivity index (χ0) is 21.0. The lowest BCUT2D eigenvalue weighted by atomic mass is 9.96. The molecule has 1 atom stereocenters. The minimum atomic E-state index is -0.480. The molecule has 1 fully saturated rings. The molecule has 3 rings (SSSR count). The van der Waals surface area contributed by atoms with Gasteiger partial charge in [-0.1, -0.05) is 26.8 Å². The predicted molar refractivity (Wildman–Crippen MR) is 119 cm³/mol. The lowest BCUT2D eigenvalue weighted by Crippen LogP contribution is -2.43. The number of hydrogen-bond acceptors (Lipinski definition) is 6. The van der Waals surface area contributed by atoms with Gasteiger partial charge in [0.25, 0.3) is 5.91 Å².